The molecular weight excluding hydrogens is 408 g/mol. The third kappa shape index (κ3) is 3.29. The molecule has 2 heterocycles. The first kappa shape index (κ1) is 20.5. The molecule has 0 aliphatic carbocycles. The second kappa shape index (κ2) is 7.83. The number of hydrogen-bond acceptors (Lipinski definition) is 7. The van der Waals surface area contributed by atoms with Gasteiger partial charge < -0.3 is 30.0 Å². The van der Waals surface area contributed by atoms with Crippen LogP contribution < -0.4 is 10.7 Å². The maximum absolute atomic E-state index is 12.9. The minimum absolute atomic E-state index is 0.000704. The van der Waals surface area contributed by atoms with Crippen LogP contribution in [-0.4, -0.2) is 53.5 Å². The van der Waals surface area contributed by atoms with Crippen molar-refractivity contribution >= 4 is 28.3 Å². The third-order valence-corrected chi connectivity index (χ3v) is 6.22. The lowest BCUT2D eigenvalue weighted by atomic mass is 9.89. The predicted octanol–water partition coefficient (Wildman–Crippen LogP) is 3.35. The maximum Gasteiger partial charge on any atom is 0.197 e. The highest BCUT2D eigenvalue weighted by molar-refractivity contribution is 6.33. The molecular formula is C22H23ClN2O5. The third-order valence-electron chi connectivity index (χ3n) is 5.90. The number of likely N-dealkylation sites (N-methyl/N-ethyl adjacent to an activating group) is 1. The first-order valence-corrected chi connectivity index (χ1v) is 10.0. The average molecular weight is 431 g/mol. The standard InChI is InChI=1S/C22H23ClN2O5/c1-24-11-3-4-12(14(23)7-11)19-9-18(29)21-17(28)8-16(27)20(22(21)30-19)13-5-6-25(2)15(13)10-26/h3-4,7-9,13,15,24,26-28H,5-6,10H2,1-2H3/t13-,15+/m0/s1. The molecule has 1 saturated heterocycles. The van der Waals surface area contributed by atoms with Gasteiger partial charge in [0.15, 0.2) is 5.43 Å². The monoisotopic (exact) mass is 430 g/mol. The van der Waals surface area contributed by atoms with Gasteiger partial charge in [0.1, 0.15) is 28.2 Å². The largest absolute Gasteiger partial charge is 0.507 e. The van der Waals surface area contributed by atoms with Crippen LogP contribution in [0.15, 0.2) is 39.5 Å². The summed E-state index contributed by atoms with van der Waals surface area (Å²) >= 11 is 6.40. The lowest BCUT2D eigenvalue weighted by molar-refractivity contribution is 0.172. The fraction of sp³-hybridized carbons (Fsp3) is 0.318. The number of aromatic hydroxyl groups is 2. The maximum atomic E-state index is 12.9. The number of nitrogens with one attached hydrogen (secondary N) is 1. The van der Waals surface area contributed by atoms with Gasteiger partial charge in [0.2, 0.25) is 0 Å². The van der Waals surface area contributed by atoms with Gasteiger partial charge >= 0.3 is 0 Å². The van der Waals surface area contributed by atoms with Crippen LogP contribution in [0.3, 0.4) is 0 Å². The molecule has 158 valence electrons. The lowest BCUT2D eigenvalue weighted by Crippen LogP contribution is -2.32. The summed E-state index contributed by atoms with van der Waals surface area (Å²) in [6, 6.07) is 7.47. The van der Waals surface area contributed by atoms with E-state index in [9.17, 15) is 20.1 Å². The molecule has 0 unspecified atom stereocenters. The highest BCUT2D eigenvalue weighted by atomic mass is 35.5. The molecule has 30 heavy (non-hydrogen) atoms. The van der Waals surface area contributed by atoms with E-state index >= 15 is 0 Å². The summed E-state index contributed by atoms with van der Waals surface area (Å²) < 4.78 is 6.09. The number of benzene rings is 2. The molecule has 1 aliphatic rings. The van der Waals surface area contributed by atoms with Crippen LogP contribution >= 0.6 is 11.6 Å². The summed E-state index contributed by atoms with van der Waals surface area (Å²) in [5, 5.41) is 34.3. The molecule has 1 aliphatic heterocycles. The topological polar surface area (TPSA) is 106 Å². The highest BCUT2D eigenvalue weighted by Gasteiger charge is 2.36. The number of nitrogens with zero attached hydrogens (tertiary/aromatic N) is 1. The van der Waals surface area contributed by atoms with E-state index in [1.807, 2.05) is 11.9 Å². The number of fused-ring (bicyclic) bond motifs is 1. The molecule has 2 aromatic carbocycles. The van der Waals surface area contributed by atoms with Gasteiger partial charge in [0, 0.05) is 48.0 Å². The van der Waals surface area contributed by atoms with Gasteiger partial charge in [-0.1, -0.05) is 11.6 Å². The predicted molar refractivity (Wildman–Crippen MR) is 117 cm³/mol. The van der Waals surface area contributed by atoms with Gasteiger partial charge in [-0.2, -0.15) is 0 Å². The van der Waals surface area contributed by atoms with E-state index in [0.29, 0.717) is 22.6 Å². The van der Waals surface area contributed by atoms with Crippen molar-refractivity contribution in [1.29, 1.82) is 0 Å². The lowest BCUT2D eigenvalue weighted by Gasteiger charge is -2.24. The van der Waals surface area contributed by atoms with Crippen molar-refractivity contribution in [2.45, 2.75) is 18.4 Å². The number of hydrogen-bond donors (Lipinski definition) is 4. The number of aliphatic hydroxyl groups is 1. The van der Waals surface area contributed by atoms with Crippen LogP contribution in [-0.2, 0) is 0 Å². The van der Waals surface area contributed by atoms with Crippen LogP contribution in [0.5, 0.6) is 11.5 Å². The van der Waals surface area contributed by atoms with Gasteiger partial charge in [-0.05, 0) is 38.2 Å². The van der Waals surface area contributed by atoms with Crippen LogP contribution in [0, 0.1) is 0 Å². The molecule has 4 N–H and O–H groups in total. The van der Waals surface area contributed by atoms with Crippen LogP contribution in [0.25, 0.3) is 22.3 Å². The second-order valence-corrected chi connectivity index (χ2v) is 7.99. The Hall–Kier alpha value is -2.74. The fourth-order valence-corrected chi connectivity index (χ4v) is 4.57. The number of phenolic OH excluding ortho intramolecular Hbond substituents is 2. The van der Waals surface area contributed by atoms with E-state index in [2.05, 4.69) is 5.32 Å². The number of rotatable bonds is 4. The van der Waals surface area contributed by atoms with Crippen molar-refractivity contribution in [2.24, 2.45) is 0 Å². The Morgan fingerprint density at radius 3 is 2.67 bits per heavy atom. The molecule has 7 nitrogen and oxygen atoms in total. The summed E-state index contributed by atoms with van der Waals surface area (Å²) in [6.45, 7) is 0.614. The molecule has 3 aromatic rings. The Bertz CT molecular complexity index is 1180. The van der Waals surface area contributed by atoms with E-state index in [1.165, 1.54) is 6.07 Å². The first-order valence-electron chi connectivity index (χ1n) is 9.67. The van der Waals surface area contributed by atoms with E-state index in [4.69, 9.17) is 16.0 Å². The smallest absolute Gasteiger partial charge is 0.197 e. The van der Waals surface area contributed by atoms with E-state index < -0.39 is 5.43 Å². The summed E-state index contributed by atoms with van der Waals surface area (Å²) in [6.07, 6.45) is 0.667. The molecule has 0 spiro atoms. The summed E-state index contributed by atoms with van der Waals surface area (Å²) in [5.41, 5.74) is 1.41. The van der Waals surface area contributed by atoms with Gasteiger partial charge in [-0.25, -0.2) is 0 Å². The molecule has 4 rings (SSSR count). The Morgan fingerprint density at radius 1 is 1.23 bits per heavy atom. The number of phenols is 2. The zero-order chi connectivity index (χ0) is 21.6. The first-order chi connectivity index (χ1) is 14.3. The quantitative estimate of drug-likeness (QED) is 0.503. The molecule has 0 saturated carbocycles. The van der Waals surface area contributed by atoms with Crippen LogP contribution in [0.1, 0.15) is 17.9 Å². The van der Waals surface area contributed by atoms with Crippen LogP contribution in [0.4, 0.5) is 5.69 Å². The second-order valence-electron chi connectivity index (χ2n) is 7.58. The van der Waals surface area contributed by atoms with Gasteiger partial charge in [-0.3, -0.25) is 4.79 Å². The SMILES string of the molecule is CNc1ccc(-c2cc(=O)c3c(O)cc(O)c([C@H]4CCN(C)[C@@H]4CO)c3o2)c(Cl)c1. The number of likely N-dealkylation sites (tertiary alicyclic amines) is 1. The van der Waals surface area contributed by atoms with Gasteiger partial charge in [0.05, 0.1) is 11.6 Å². The van der Waals surface area contributed by atoms with Crippen molar-refractivity contribution in [3.05, 3.63) is 51.1 Å². The zero-order valence-corrected chi connectivity index (χ0v) is 17.4. The van der Waals surface area contributed by atoms with Crippen molar-refractivity contribution in [1.82, 2.24) is 4.90 Å². The van der Waals surface area contributed by atoms with Crippen molar-refractivity contribution in [3.8, 4) is 22.8 Å². The molecule has 8 heteroatoms. The molecule has 0 bridgehead atoms. The van der Waals surface area contributed by atoms with E-state index in [-0.39, 0.29) is 46.8 Å². The molecule has 0 radical (unpaired) electrons. The Balaban J connectivity index is 1.99. The van der Waals surface area contributed by atoms with E-state index in [0.717, 1.165) is 18.3 Å². The Labute approximate surface area is 178 Å². The Morgan fingerprint density at radius 2 is 2.00 bits per heavy atom. The number of aliphatic hydroxyl groups excluding tert-OH is 1. The normalized spacial score (nSPS) is 19.5. The van der Waals surface area contributed by atoms with Gasteiger partial charge in [-0.15, -0.1) is 0 Å². The van der Waals surface area contributed by atoms with Crippen LogP contribution in [0.2, 0.25) is 5.02 Å². The summed E-state index contributed by atoms with van der Waals surface area (Å²) in [7, 11) is 3.67. The Kier molecular flexibility index (Phi) is 5.36. The zero-order valence-electron chi connectivity index (χ0n) is 16.6. The minimum atomic E-state index is -0.439. The summed E-state index contributed by atoms with van der Waals surface area (Å²) in [5.74, 6) is -0.548. The minimum Gasteiger partial charge on any atom is -0.507 e. The van der Waals surface area contributed by atoms with Crippen molar-refractivity contribution in [2.75, 3.05) is 32.6 Å². The molecule has 1 aromatic heterocycles. The van der Waals surface area contributed by atoms with Gasteiger partial charge in [0.25, 0.3) is 0 Å². The summed E-state index contributed by atoms with van der Waals surface area (Å²) in [4.78, 5) is 14.9. The number of anilines is 1. The van der Waals surface area contributed by atoms with E-state index in [1.54, 1.807) is 25.2 Å². The molecule has 1 fully saturated rings. The molecule has 2 atom stereocenters. The van der Waals surface area contributed by atoms with Crippen molar-refractivity contribution in [3.63, 3.8) is 0 Å². The number of halogens is 1. The van der Waals surface area contributed by atoms with Crippen molar-refractivity contribution < 1.29 is 19.7 Å². The average Bonchev–Trinajstić information content (AvgIpc) is 3.07. The highest BCUT2D eigenvalue weighted by Crippen LogP contribution is 2.44. The fourth-order valence-electron chi connectivity index (χ4n) is 4.29. The molecule has 0 amide bonds.